The highest BCUT2D eigenvalue weighted by Crippen LogP contribution is 2.26. The van der Waals surface area contributed by atoms with Crippen LogP contribution in [0.15, 0.2) is 29.6 Å². The van der Waals surface area contributed by atoms with Crippen molar-refractivity contribution in [2.75, 3.05) is 13.2 Å². The number of thiazole rings is 1. The number of hydrogen-bond acceptors (Lipinski definition) is 4. The Kier molecular flexibility index (Phi) is 4.47. The maximum absolute atomic E-state index is 12.6. The molecule has 0 N–H and O–H groups in total. The van der Waals surface area contributed by atoms with Crippen LogP contribution < -0.4 is 0 Å². The molecule has 2 heterocycles. The summed E-state index contributed by atoms with van der Waals surface area (Å²) in [7, 11) is 0. The smallest absolute Gasteiger partial charge is 0.273 e. The standard InChI is InChI=1S/C16H17ClN2O2S/c1-10-8-21-11(2)7-19(10)16(20)14-9-22-15(18-14)12-3-5-13(17)6-4-12/h3-6,9-11H,7-8H2,1-2H3/t10-,11+/m1/s1. The van der Waals surface area contributed by atoms with E-state index in [-0.39, 0.29) is 18.1 Å². The SMILES string of the molecule is C[C@@H]1CO[C@@H](C)CN1C(=O)c1csc(-c2ccc(Cl)cc2)n1. The molecule has 4 nitrogen and oxygen atoms in total. The van der Waals surface area contributed by atoms with Crippen LogP contribution in [0.2, 0.25) is 5.02 Å². The topological polar surface area (TPSA) is 42.4 Å². The van der Waals surface area contributed by atoms with Gasteiger partial charge in [-0.3, -0.25) is 4.79 Å². The molecule has 1 aromatic heterocycles. The Morgan fingerprint density at radius 3 is 2.82 bits per heavy atom. The molecular formula is C16H17ClN2O2S. The van der Waals surface area contributed by atoms with Crippen molar-refractivity contribution >= 4 is 28.8 Å². The number of aromatic nitrogens is 1. The van der Waals surface area contributed by atoms with Gasteiger partial charge in [0.25, 0.3) is 5.91 Å². The van der Waals surface area contributed by atoms with Crippen molar-refractivity contribution in [3.05, 3.63) is 40.4 Å². The van der Waals surface area contributed by atoms with Crippen LogP contribution >= 0.6 is 22.9 Å². The zero-order chi connectivity index (χ0) is 15.7. The molecule has 0 aliphatic carbocycles. The number of rotatable bonds is 2. The van der Waals surface area contributed by atoms with Gasteiger partial charge in [0, 0.05) is 22.5 Å². The summed E-state index contributed by atoms with van der Waals surface area (Å²) >= 11 is 7.37. The molecule has 0 spiro atoms. The minimum absolute atomic E-state index is 0.0286. The quantitative estimate of drug-likeness (QED) is 0.839. The summed E-state index contributed by atoms with van der Waals surface area (Å²) in [6.45, 7) is 5.15. The minimum atomic E-state index is -0.0286. The Balaban J connectivity index is 1.81. The Morgan fingerprint density at radius 1 is 1.36 bits per heavy atom. The predicted molar refractivity (Wildman–Crippen MR) is 88.5 cm³/mol. The third-order valence-electron chi connectivity index (χ3n) is 3.68. The number of ether oxygens (including phenoxy) is 1. The second kappa shape index (κ2) is 6.36. The normalized spacial score (nSPS) is 21.9. The first kappa shape index (κ1) is 15.5. The second-order valence-electron chi connectivity index (χ2n) is 5.50. The van der Waals surface area contributed by atoms with Crippen molar-refractivity contribution in [1.29, 1.82) is 0 Å². The maximum Gasteiger partial charge on any atom is 0.273 e. The lowest BCUT2D eigenvalue weighted by Gasteiger charge is -2.36. The van der Waals surface area contributed by atoms with Crippen molar-refractivity contribution in [2.45, 2.75) is 26.0 Å². The van der Waals surface area contributed by atoms with Crippen LogP contribution in [0.4, 0.5) is 0 Å². The number of halogens is 1. The number of nitrogens with zero attached hydrogens (tertiary/aromatic N) is 2. The zero-order valence-electron chi connectivity index (χ0n) is 12.5. The molecule has 0 bridgehead atoms. The van der Waals surface area contributed by atoms with Crippen LogP contribution in [0.3, 0.4) is 0 Å². The van der Waals surface area contributed by atoms with Gasteiger partial charge in [0.2, 0.25) is 0 Å². The minimum Gasteiger partial charge on any atom is -0.375 e. The second-order valence-corrected chi connectivity index (χ2v) is 6.79. The molecule has 6 heteroatoms. The Labute approximate surface area is 138 Å². The van der Waals surface area contributed by atoms with Crippen LogP contribution in [-0.2, 0) is 4.74 Å². The van der Waals surface area contributed by atoms with Crippen molar-refractivity contribution in [1.82, 2.24) is 9.88 Å². The predicted octanol–water partition coefficient (Wildman–Crippen LogP) is 3.71. The summed E-state index contributed by atoms with van der Waals surface area (Å²) in [5.74, 6) is -0.0286. The molecule has 1 amide bonds. The van der Waals surface area contributed by atoms with Gasteiger partial charge in [-0.15, -0.1) is 11.3 Å². The fourth-order valence-corrected chi connectivity index (χ4v) is 3.36. The fraction of sp³-hybridized carbons (Fsp3) is 0.375. The summed E-state index contributed by atoms with van der Waals surface area (Å²) in [4.78, 5) is 19.0. The van der Waals surface area contributed by atoms with Crippen LogP contribution in [0.25, 0.3) is 10.6 Å². The van der Waals surface area contributed by atoms with Gasteiger partial charge in [-0.25, -0.2) is 4.98 Å². The molecule has 116 valence electrons. The largest absolute Gasteiger partial charge is 0.375 e. The van der Waals surface area contributed by atoms with Gasteiger partial charge in [0.15, 0.2) is 0 Å². The van der Waals surface area contributed by atoms with E-state index in [4.69, 9.17) is 16.3 Å². The number of amides is 1. The summed E-state index contributed by atoms with van der Waals surface area (Å²) in [5, 5.41) is 3.33. The van der Waals surface area contributed by atoms with Crippen molar-refractivity contribution in [3.63, 3.8) is 0 Å². The highest BCUT2D eigenvalue weighted by Gasteiger charge is 2.29. The highest BCUT2D eigenvalue weighted by atomic mass is 35.5. The fourth-order valence-electron chi connectivity index (χ4n) is 2.43. The first-order chi connectivity index (χ1) is 10.5. The van der Waals surface area contributed by atoms with Gasteiger partial charge >= 0.3 is 0 Å². The molecule has 1 aromatic carbocycles. The van der Waals surface area contributed by atoms with E-state index in [1.54, 1.807) is 0 Å². The summed E-state index contributed by atoms with van der Waals surface area (Å²) in [6.07, 6.45) is 0.0644. The van der Waals surface area contributed by atoms with Crippen LogP contribution in [0.5, 0.6) is 0 Å². The van der Waals surface area contributed by atoms with Gasteiger partial charge in [0.05, 0.1) is 18.8 Å². The van der Waals surface area contributed by atoms with Gasteiger partial charge in [-0.05, 0) is 26.0 Å². The van der Waals surface area contributed by atoms with E-state index in [1.807, 2.05) is 48.4 Å². The monoisotopic (exact) mass is 336 g/mol. The number of carbonyl (C=O) groups excluding carboxylic acids is 1. The van der Waals surface area contributed by atoms with E-state index in [2.05, 4.69) is 4.98 Å². The molecule has 1 aliphatic heterocycles. The molecule has 0 saturated carbocycles. The molecule has 22 heavy (non-hydrogen) atoms. The van der Waals surface area contributed by atoms with E-state index in [1.165, 1.54) is 11.3 Å². The molecule has 1 fully saturated rings. The van der Waals surface area contributed by atoms with E-state index in [9.17, 15) is 4.79 Å². The van der Waals surface area contributed by atoms with Crippen LogP contribution in [0.1, 0.15) is 24.3 Å². The molecule has 2 aromatic rings. The lowest BCUT2D eigenvalue weighted by atomic mass is 10.2. The molecular weight excluding hydrogens is 320 g/mol. The van der Waals surface area contributed by atoms with Crippen LogP contribution in [0, 0.1) is 0 Å². The first-order valence-electron chi connectivity index (χ1n) is 7.18. The average Bonchev–Trinajstić information content (AvgIpc) is 2.99. The van der Waals surface area contributed by atoms with Gasteiger partial charge in [-0.1, -0.05) is 23.7 Å². The third-order valence-corrected chi connectivity index (χ3v) is 4.83. The van der Waals surface area contributed by atoms with Crippen molar-refractivity contribution < 1.29 is 9.53 Å². The van der Waals surface area contributed by atoms with Crippen molar-refractivity contribution in [2.24, 2.45) is 0 Å². The Bertz CT molecular complexity index is 671. The average molecular weight is 337 g/mol. The third kappa shape index (κ3) is 3.16. The maximum atomic E-state index is 12.6. The van der Waals surface area contributed by atoms with E-state index < -0.39 is 0 Å². The molecule has 3 rings (SSSR count). The molecule has 0 unspecified atom stereocenters. The van der Waals surface area contributed by atoms with E-state index in [0.717, 1.165) is 10.6 Å². The summed E-state index contributed by atoms with van der Waals surface area (Å²) in [6, 6.07) is 7.55. The highest BCUT2D eigenvalue weighted by molar-refractivity contribution is 7.13. The molecule has 0 radical (unpaired) electrons. The Morgan fingerprint density at radius 2 is 2.09 bits per heavy atom. The number of carbonyl (C=O) groups is 1. The van der Waals surface area contributed by atoms with Gasteiger partial charge < -0.3 is 9.64 Å². The zero-order valence-corrected chi connectivity index (χ0v) is 14.0. The number of hydrogen-bond donors (Lipinski definition) is 0. The van der Waals surface area contributed by atoms with E-state index in [0.29, 0.717) is 23.9 Å². The van der Waals surface area contributed by atoms with E-state index >= 15 is 0 Å². The number of morpholine rings is 1. The number of benzene rings is 1. The Hall–Kier alpha value is -1.43. The lowest BCUT2D eigenvalue weighted by Crippen LogP contribution is -2.50. The summed E-state index contributed by atoms with van der Waals surface area (Å²) < 4.78 is 5.57. The molecule has 1 saturated heterocycles. The van der Waals surface area contributed by atoms with Gasteiger partial charge in [0.1, 0.15) is 10.7 Å². The summed E-state index contributed by atoms with van der Waals surface area (Å²) in [5.41, 5.74) is 1.47. The molecule has 1 aliphatic rings. The van der Waals surface area contributed by atoms with Crippen LogP contribution in [-0.4, -0.2) is 41.1 Å². The lowest BCUT2D eigenvalue weighted by molar-refractivity contribution is -0.0388. The van der Waals surface area contributed by atoms with Crippen molar-refractivity contribution in [3.8, 4) is 10.6 Å². The first-order valence-corrected chi connectivity index (χ1v) is 8.44. The van der Waals surface area contributed by atoms with Gasteiger partial charge in [-0.2, -0.15) is 0 Å². The molecule has 2 atom stereocenters.